The minimum absolute atomic E-state index is 0.281. The van der Waals surface area contributed by atoms with Crippen LogP contribution in [0.3, 0.4) is 0 Å². The molecule has 2 heterocycles. The van der Waals surface area contributed by atoms with Crippen LogP contribution in [0.1, 0.15) is 24.5 Å². The van der Waals surface area contributed by atoms with Gasteiger partial charge in [-0.3, -0.25) is 0 Å². The third kappa shape index (κ3) is 1.23. The molecular formula is C14H18N4. The van der Waals surface area contributed by atoms with Gasteiger partial charge in [0.1, 0.15) is 5.82 Å². The molecule has 4 heteroatoms. The lowest BCUT2D eigenvalue weighted by molar-refractivity contribution is 0.659. The van der Waals surface area contributed by atoms with Gasteiger partial charge in [0.2, 0.25) is 0 Å². The molecule has 2 N–H and O–H groups in total. The zero-order chi connectivity index (χ0) is 13.0. The van der Waals surface area contributed by atoms with Crippen LogP contribution in [0.4, 0.5) is 11.4 Å². The highest BCUT2D eigenvalue weighted by Crippen LogP contribution is 2.45. The number of hydrogen-bond donors (Lipinski definition) is 1. The van der Waals surface area contributed by atoms with Crippen molar-refractivity contribution in [1.82, 2.24) is 9.55 Å². The van der Waals surface area contributed by atoms with E-state index in [-0.39, 0.29) is 6.04 Å². The average molecular weight is 242 g/mol. The number of hydrogen-bond acceptors (Lipinski definition) is 3. The molecule has 1 unspecified atom stereocenters. The Morgan fingerprint density at radius 3 is 2.72 bits per heavy atom. The molecule has 0 aliphatic carbocycles. The quantitative estimate of drug-likeness (QED) is 0.722. The van der Waals surface area contributed by atoms with Crippen molar-refractivity contribution in [3.63, 3.8) is 0 Å². The van der Waals surface area contributed by atoms with Gasteiger partial charge in [-0.15, -0.1) is 0 Å². The zero-order valence-electron chi connectivity index (χ0n) is 11.2. The number of para-hydroxylation sites is 1. The fraction of sp³-hybridized carbons (Fsp3) is 0.357. The lowest BCUT2D eigenvalue weighted by Crippen LogP contribution is -2.28. The second kappa shape index (κ2) is 3.51. The summed E-state index contributed by atoms with van der Waals surface area (Å²) in [5, 5.41) is 0. The standard InChI is InChI=1S/C14H18N4/c1-8-13-12(16-9(2)18(13)4)10-6-5-7-11(15)14(10)17(8)3/h5-8H,15H2,1-4H3. The maximum atomic E-state index is 6.12. The average Bonchev–Trinajstić information content (AvgIpc) is 2.63. The van der Waals surface area contributed by atoms with E-state index in [1.165, 1.54) is 5.69 Å². The van der Waals surface area contributed by atoms with Crippen LogP contribution in [-0.2, 0) is 7.05 Å². The Balaban J connectivity index is 2.38. The number of nitrogens with two attached hydrogens (primary N) is 1. The number of anilines is 2. The second-order valence-electron chi connectivity index (χ2n) is 4.98. The topological polar surface area (TPSA) is 47.1 Å². The summed E-state index contributed by atoms with van der Waals surface area (Å²) >= 11 is 0. The molecule has 0 radical (unpaired) electrons. The third-order valence-electron chi connectivity index (χ3n) is 4.01. The molecule has 2 aromatic rings. The number of benzene rings is 1. The largest absolute Gasteiger partial charge is 0.397 e. The predicted octanol–water partition coefficient (Wildman–Crippen LogP) is 2.49. The maximum absolute atomic E-state index is 6.12. The van der Waals surface area contributed by atoms with Crippen molar-refractivity contribution in [2.24, 2.45) is 7.05 Å². The van der Waals surface area contributed by atoms with Gasteiger partial charge in [0.15, 0.2) is 0 Å². The number of aryl methyl sites for hydroxylation is 1. The number of nitrogen functional groups attached to an aromatic ring is 1. The molecule has 0 fully saturated rings. The molecule has 18 heavy (non-hydrogen) atoms. The van der Waals surface area contributed by atoms with E-state index in [4.69, 9.17) is 10.7 Å². The monoisotopic (exact) mass is 242 g/mol. The summed E-state index contributed by atoms with van der Waals surface area (Å²) in [5.41, 5.74) is 11.5. The Labute approximate surface area is 107 Å². The highest BCUT2D eigenvalue weighted by Gasteiger charge is 2.31. The predicted molar refractivity (Wildman–Crippen MR) is 74.6 cm³/mol. The van der Waals surface area contributed by atoms with Crippen LogP contribution < -0.4 is 10.6 Å². The van der Waals surface area contributed by atoms with Gasteiger partial charge in [0.25, 0.3) is 0 Å². The normalized spacial score (nSPS) is 17.6. The van der Waals surface area contributed by atoms with Crippen LogP contribution in [-0.4, -0.2) is 16.6 Å². The van der Waals surface area contributed by atoms with E-state index in [0.717, 1.165) is 28.5 Å². The Hall–Kier alpha value is -1.97. The van der Waals surface area contributed by atoms with Crippen LogP contribution in [0.15, 0.2) is 18.2 Å². The molecule has 0 spiro atoms. The molecule has 1 atom stereocenters. The SMILES string of the molecule is Cc1nc2c(n1C)C(C)N(C)c1c(N)cccc1-2. The Morgan fingerprint density at radius 2 is 2.00 bits per heavy atom. The van der Waals surface area contributed by atoms with E-state index >= 15 is 0 Å². The van der Waals surface area contributed by atoms with Crippen molar-refractivity contribution in [3.8, 4) is 11.3 Å². The summed E-state index contributed by atoms with van der Waals surface area (Å²) < 4.78 is 2.17. The van der Waals surface area contributed by atoms with Gasteiger partial charge in [0.05, 0.1) is 28.8 Å². The first kappa shape index (κ1) is 11.1. The molecule has 94 valence electrons. The lowest BCUT2D eigenvalue weighted by atomic mass is 9.97. The highest BCUT2D eigenvalue weighted by atomic mass is 15.2. The van der Waals surface area contributed by atoms with E-state index in [0.29, 0.717) is 0 Å². The molecular weight excluding hydrogens is 224 g/mol. The van der Waals surface area contributed by atoms with E-state index in [9.17, 15) is 0 Å². The molecule has 0 amide bonds. The first-order valence-electron chi connectivity index (χ1n) is 6.17. The molecule has 1 aromatic heterocycles. The van der Waals surface area contributed by atoms with E-state index < -0.39 is 0 Å². The summed E-state index contributed by atoms with van der Waals surface area (Å²) in [4.78, 5) is 6.93. The molecule has 0 saturated carbocycles. The van der Waals surface area contributed by atoms with Gasteiger partial charge in [-0.25, -0.2) is 4.98 Å². The summed E-state index contributed by atoms with van der Waals surface area (Å²) in [5.74, 6) is 1.04. The van der Waals surface area contributed by atoms with E-state index in [2.05, 4.69) is 36.6 Å². The fourth-order valence-electron chi connectivity index (χ4n) is 2.83. The van der Waals surface area contributed by atoms with Crippen LogP contribution in [0.25, 0.3) is 11.3 Å². The van der Waals surface area contributed by atoms with Gasteiger partial charge in [0, 0.05) is 19.7 Å². The van der Waals surface area contributed by atoms with E-state index in [1.807, 2.05) is 19.1 Å². The third-order valence-corrected chi connectivity index (χ3v) is 4.01. The fourth-order valence-corrected chi connectivity index (χ4v) is 2.83. The van der Waals surface area contributed by atoms with Gasteiger partial charge < -0.3 is 15.2 Å². The van der Waals surface area contributed by atoms with Crippen molar-refractivity contribution in [2.75, 3.05) is 17.7 Å². The maximum Gasteiger partial charge on any atom is 0.106 e. The second-order valence-corrected chi connectivity index (χ2v) is 4.98. The van der Waals surface area contributed by atoms with Gasteiger partial charge in [-0.1, -0.05) is 12.1 Å². The van der Waals surface area contributed by atoms with Crippen LogP contribution >= 0.6 is 0 Å². The summed E-state index contributed by atoms with van der Waals surface area (Å²) in [7, 11) is 4.16. The smallest absolute Gasteiger partial charge is 0.106 e. The summed E-state index contributed by atoms with van der Waals surface area (Å²) in [6, 6.07) is 6.32. The van der Waals surface area contributed by atoms with Crippen LogP contribution in [0.2, 0.25) is 0 Å². The minimum Gasteiger partial charge on any atom is -0.397 e. The highest BCUT2D eigenvalue weighted by molar-refractivity contribution is 5.89. The van der Waals surface area contributed by atoms with Crippen molar-refractivity contribution in [1.29, 1.82) is 0 Å². The molecule has 0 bridgehead atoms. The number of imidazole rings is 1. The number of nitrogens with zero attached hydrogens (tertiary/aromatic N) is 3. The molecule has 0 saturated heterocycles. The summed E-state index contributed by atoms with van der Waals surface area (Å²) in [6.45, 7) is 4.23. The Morgan fingerprint density at radius 1 is 1.28 bits per heavy atom. The van der Waals surface area contributed by atoms with Crippen molar-refractivity contribution < 1.29 is 0 Å². The Kier molecular flexibility index (Phi) is 2.17. The first-order chi connectivity index (χ1) is 8.52. The number of rotatable bonds is 0. The lowest BCUT2D eigenvalue weighted by Gasteiger charge is -2.34. The molecule has 1 aliphatic heterocycles. The molecule has 1 aromatic carbocycles. The van der Waals surface area contributed by atoms with Crippen LogP contribution in [0.5, 0.6) is 0 Å². The van der Waals surface area contributed by atoms with Gasteiger partial charge >= 0.3 is 0 Å². The van der Waals surface area contributed by atoms with Gasteiger partial charge in [-0.05, 0) is 19.9 Å². The molecule has 4 nitrogen and oxygen atoms in total. The molecule has 3 rings (SSSR count). The Bertz CT molecular complexity index is 627. The van der Waals surface area contributed by atoms with E-state index in [1.54, 1.807) is 0 Å². The zero-order valence-corrected chi connectivity index (χ0v) is 11.2. The number of fused-ring (bicyclic) bond motifs is 3. The molecule has 1 aliphatic rings. The number of aromatic nitrogens is 2. The van der Waals surface area contributed by atoms with Gasteiger partial charge in [-0.2, -0.15) is 0 Å². The minimum atomic E-state index is 0.281. The first-order valence-corrected chi connectivity index (χ1v) is 6.17. The van der Waals surface area contributed by atoms with Crippen molar-refractivity contribution >= 4 is 11.4 Å². The van der Waals surface area contributed by atoms with Crippen molar-refractivity contribution in [3.05, 3.63) is 29.7 Å². The van der Waals surface area contributed by atoms with Crippen LogP contribution in [0, 0.1) is 6.92 Å². The van der Waals surface area contributed by atoms with Crippen molar-refractivity contribution in [2.45, 2.75) is 19.9 Å². The summed E-state index contributed by atoms with van der Waals surface area (Å²) in [6.07, 6.45) is 0.